The molecule has 0 fully saturated rings. The van der Waals surface area contributed by atoms with Gasteiger partial charge in [-0.3, -0.25) is 0 Å². The van der Waals surface area contributed by atoms with Crippen LogP contribution in [-0.4, -0.2) is 61.1 Å². The van der Waals surface area contributed by atoms with Crippen molar-refractivity contribution >= 4 is 8.24 Å². The summed E-state index contributed by atoms with van der Waals surface area (Å²) in [5, 5.41) is 0. The summed E-state index contributed by atoms with van der Waals surface area (Å²) in [6.45, 7) is -3.02. The Morgan fingerprint density at radius 3 is 0.778 bits per heavy atom. The van der Waals surface area contributed by atoms with Crippen molar-refractivity contribution in [2.45, 2.75) is 49.0 Å². The number of halogens is 15. The Balaban J connectivity index is 7.76. The molecule has 0 heterocycles. The van der Waals surface area contributed by atoms with E-state index in [0.717, 1.165) is 0 Å². The average molecular weight is 457 g/mol. The molecule has 0 aliphatic rings. The van der Waals surface area contributed by atoms with Gasteiger partial charge in [-0.2, -0.15) is 65.9 Å². The summed E-state index contributed by atoms with van der Waals surface area (Å²) in [6.07, 6.45) is -22.7. The molecule has 0 aliphatic heterocycles. The van der Waals surface area contributed by atoms with Crippen LogP contribution < -0.4 is 0 Å². The van der Waals surface area contributed by atoms with E-state index in [-0.39, 0.29) is 13.8 Å². The van der Waals surface area contributed by atoms with Crippen molar-refractivity contribution in [3.8, 4) is 0 Å². The molecule has 0 aliphatic carbocycles. The van der Waals surface area contributed by atoms with Crippen LogP contribution in [0.1, 0.15) is 13.8 Å². The van der Waals surface area contributed by atoms with Crippen LogP contribution in [0.15, 0.2) is 0 Å². The van der Waals surface area contributed by atoms with Gasteiger partial charge >= 0.3 is 43.4 Å². The zero-order chi connectivity index (χ0) is 22.5. The van der Waals surface area contributed by atoms with E-state index in [1.807, 2.05) is 0 Å². The SMILES string of the molecule is CCN(CC)[Si](C(F)(F)C(F)(F)F)(C(F)(F)C(F)(F)F)C(F)(F)C(F)(F)F. The van der Waals surface area contributed by atoms with Gasteiger partial charge in [-0.15, -0.1) is 0 Å². The lowest BCUT2D eigenvalue weighted by molar-refractivity contribution is -0.311. The molecule has 1 nitrogen and oxygen atoms in total. The van der Waals surface area contributed by atoms with Crippen molar-refractivity contribution in [2.75, 3.05) is 13.1 Å². The van der Waals surface area contributed by atoms with Crippen LogP contribution >= 0.6 is 0 Å². The minimum atomic E-state index is -9.56. The second kappa shape index (κ2) is 6.87. The van der Waals surface area contributed by atoms with Gasteiger partial charge in [0.15, 0.2) is 0 Å². The van der Waals surface area contributed by atoms with Crippen LogP contribution in [-0.2, 0) is 0 Å². The maximum atomic E-state index is 13.9. The second-order valence-corrected chi connectivity index (χ2v) is 9.04. The summed E-state index contributed by atoms with van der Waals surface area (Å²) in [5.74, 6) is 0. The third-order valence-corrected chi connectivity index (χ3v) is 8.83. The summed E-state index contributed by atoms with van der Waals surface area (Å²) < 4.78 is 196. The van der Waals surface area contributed by atoms with Gasteiger partial charge in [0, 0.05) is 0 Å². The smallest absolute Gasteiger partial charge is 0.310 e. The van der Waals surface area contributed by atoms with E-state index in [1.165, 1.54) is 0 Å². The molecular weight excluding hydrogens is 447 g/mol. The summed E-state index contributed by atoms with van der Waals surface area (Å²) in [5.41, 5.74) is -23.2. The maximum Gasteiger partial charge on any atom is 0.451 e. The highest BCUT2D eigenvalue weighted by Gasteiger charge is 3.00. The highest BCUT2D eigenvalue weighted by molar-refractivity contribution is 6.84. The molecule has 164 valence electrons. The lowest BCUT2D eigenvalue weighted by Gasteiger charge is -2.52. The van der Waals surface area contributed by atoms with Crippen LogP contribution in [0.3, 0.4) is 0 Å². The van der Waals surface area contributed by atoms with Crippen LogP contribution in [0.5, 0.6) is 0 Å². The van der Waals surface area contributed by atoms with Crippen LogP contribution in [0.2, 0.25) is 0 Å². The summed E-state index contributed by atoms with van der Waals surface area (Å²) in [7, 11) is -9.56. The van der Waals surface area contributed by atoms with E-state index in [2.05, 4.69) is 0 Å². The zero-order valence-corrected chi connectivity index (χ0v) is 14.0. The molecule has 0 spiro atoms. The molecule has 0 saturated carbocycles. The third-order valence-electron chi connectivity index (χ3n) is 3.67. The number of nitrogens with zero attached hydrogens (tertiary/aromatic N) is 1. The van der Waals surface area contributed by atoms with E-state index in [1.54, 1.807) is 0 Å². The predicted molar refractivity (Wildman–Crippen MR) is 61.7 cm³/mol. The molecule has 0 radical (unpaired) electrons. The maximum absolute atomic E-state index is 13.9. The molecule has 0 amide bonds. The third kappa shape index (κ3) is 3.37. The zero-order valence-electron chi connectivity index (χ0n) is 13.0. The van der Waals surface area contributed by atoms with Crippen molar-refractivity contribution in [1.82, 2.24) is 4.57 Å². The minimum absolute atomic E-state index is 0.288. The number of hydrogen-bond donors (Lipinski definition) is 0. The minimum Gasteiger partial charge on any atom is -0.310 e. The quantitative estimate of drug-likeness (QED) is 0.377. The summed E-state index contributed by atoms with van der Waals surface area (Å²) >= 11 is 0. The molecule has 17 heteroatoms. The lowest BCUT2D eigenvalue weighted by Crippen LogP contribution is -2.90. The van der Waals surface area contributed by atoms with Gasteiger partial charge in [-0.1, -0.05) is 13.8 Å². The van der Waals surface area contributed by atoms with Gasteiger partial charge in [-0.25, -0.2) is 0 Å². The average Bonchev–Trinajstić information content (AvgIpc) is 2.39. The number of alkyl halides is 15. The summed E-state index contributed by atoms with van der Waals surface area (Å²) in [4.78, 5) is 0. The fourth-order valence-corrected chi connectivity index (χ4v) is 7.05. The molecule has 0 aromatic rings. The first-order valence-corrected chi connectivity index (χ1v) is 8.55. The van der Waals surface area contributed by atoms with E-state index >= 15 is 0 Å². The Kier molecular flexibility index (Phi) is 6.65. The van der Waals surface area contributed by atoms with Crippen LogP contribution in [0, 0.1) is 0 Å². The molecule has 0 saturated heterocycles. The lowest BCUT2D eigenvalue weighted by atomic mass is 10.6. The highest BCUT2D eigenvalue weighted by Crippen LogP contribution is 2.62. The normalized spacial score (nSPS) is 16.2. The van der Waals surface area contributed by atoms with Crippen molar-refractivity contribution in [3.63, 3.8) is 0 Å². The fraction of sp³-hybridized carbons (Fsp3) is 1.00. The Morgan fingerprint density at radius 2 is 0.667 bits per heavy atom. The van der Waals surface area contributed by atoms with Crippen molar-refractivity contribution in [2.24, 2.45) is 0 Å². The Morgan fingerprint density at radius 1 is 0.481 bits per heavy atom. The van der Waals surface area contributed by atoms with Gasteiger partial charge in [0.05, 0.1) is 0 Å². The molecule has 0 atom stereocenters. The van der Waals surface area contributed by atoms with Crippen molar-refractivity contribution < 1.29 is 65.9 Å². The number of rotatable bonds is 6. The van der Waals surface area contributed by atoms with Gasteiger partial charge in [0.1, 0.15) is 0 Å². The first-order chi connectivity index (χ1) is 11.5. The Bertz CT molecular complexity index is 448. The van der Waals surface area contributed by atoms with Gasteiger partial charge in [0.2, 0.25) is 0 Å². The molecule has 27 heavy (non-hydrogen) atoms. The van der Waals surface area contributed by atoms with Crippen LogP contribution in [0.25, 0.3) is 0 Å². The predicted octanol–water partition coefficient (Wildman–Crippen LogP) is 5.48. The molecule has 0 rings (SSSR count). The monoisotopic (exact) mass is 457 g/mol. The number of hydrogen-bond acceptors (Lipinski definition) is 1. The molecule has 0 aromatic carbocycles. The first kappa shape index (κ1) is 26.1. The van der Waals surface area contributed by atoms with Crippen molar-refractivity contribution in [1.29, 1.82) is 0 Å². The van der Waals surface area contributed by atoms with E-state index < -0.39 is 61.1 Å². The summed E-state index contributed by atoms with van der Waals surface area (Å²) in [6, 6.07) is 0. The highest BCUT2D eigenvalue weighted by atomic mass is 28.3. The van der Waals surface area contributed by atoms with E-state index in [4.69, 9.17) is 0 Å². The molecule has 0 unspecified atom stereocenters. The molecular formula is C10H10F15NSi. The fourth-order valence-electron chi connectivity index (χ4n) is 2.50. The van der Waals surface area contributed by atoms with Gasteiger partial charge in [0.25, 0.3) is 0 Å². The topological polar surface area (TPSA) is 3.24 Å². The van der Waals surface area contributed by atoms with E-state index in [0.29, 0.717) is 0 Å². The van der Waals surface area contributed by atoms with Gasteiger partial charge in [-0.05, 0) is 13.1 Å². The Hall–Kier alpha value is -0.873. The standard InChI is InChI=1S/C10H10F15NSi/c1-3-26(4-2)27(8(20,21)5(11,12)13,9(22,23)6(14,15)16)10(24,25)7(17,18)19/h3-4H2,1-2H3. The molecule has 0 N–H and O–H groups in total. The molecule has 0 aromatic heterocycles. The second-order valence-electron chi connectivity index (χ2n) is 5.10. The molecule has 0 bridgehead atoms. The van der Waals surface area contributed by atoms with Crippen LogP contribution in [0.4, 0.5) is 65.9 Å². The van der Waals surface area contributed by atoms with Gasteiger partial charge < -0.3 is 4.57 Å². The Labute approximate surface area is 142 Å². The van der Waals surface area contributed by atoms with E-state index in [9.17, 15) is 65.9 Å². The van der Waals surface area contributed by atoms with Crippen molar-refractivity contribution in [3.05, 3.63) is 0 Å². The first-order valence-electron chi connectivity index (χ1n) is 6.61. The largest absolute Gasteiger partial charge is 0.451 e.